The Kier molecular flexibility index (Phi) is 3.98. The van der Waals surface area contributed by atoms with Crippen molar-refractivity contribution < 1.29 is 13.5 Å². The standard InChI is InChI=1S/C16H25NO3S/c1-6-16(18)10-17(11-16)21(19,20)14-9-13(15(3,4)5)8-7-12(14)2/h7-9,18H,6,10-11H2,1-5H3. The van der Waals surface area contributed by atoms with Crippen LogP contribution in [0.4, 0.5) is 0 Å². The molecule has 0 saturated carbocycles. The van der Waals surface area contributed by atoms with E-state index in [0.29, 0.717) is 11.3 Å². The van der Waals surface area contributed by atoms with Crippen LogP contribution in [-0.2, 0) is 15.4 Å². The van der Waals surface area contributed by atoms with Gasteiger partial charge in [0.15, 0.2) is 0 Å². The molecule has 0 aromatic heterocycles. The number of β-amino-alcohol motifs (C(OH)–C–C–N with tert-alkyl or cyclic N) is 1. The highest BCUT2D eigenvalue weighted by Gasteiger charge is 2.46. The van der Waals surface area contributed by atoms with E-state index in [0.717, 1.165) is 11.1 Å². The Hall–Kier alpha value is -0.910. The van der Waals surface area contributed by atoms with Gasteiger partial charge in [-0.25, -0.2) is 8.42 Å². The zero-order valence-electron chi connectivity index (χ0n) is 13.5. The van der Waals surface area contributed by atoms with E-state index in [-0.39, 0.29) is 18.5 Å². The first-order chi connectivity index (χ1) is 9.49. The molecule has 1 aliphatic heterocycles. The summed E-state index contributed by atoms with van der Waals surface area (Å²) in [6.07, 6.45) is 0.569. The molecule has 1 saturated heterocycles. The maximum atomic E-state index is 12.7. The van der Waals surface area contributed by atoms with Crippen molar-refractivity contribution >= 4 is 10.0 Å². The molecule has 0 aliphatic carbocycles. The molecule has 0 atom stereocenters. The Balaban J connectivity index is 2.38. The van der Waals surface area contributed by atoms with Crippen LogP contribution in [0.3, 0.4) is 0 Å². The lowest BCUT2D eigenvalue weighted by Gasteiger charge is -2.45. The first-order valence-electron chi connectivity index (χ1n) is 7.33. The fourth-order valence-electron chi connectivity index (χ4n) is 2.49. The van der Waals surface area contributed by atoms with E-state index in [4.69, 9.17) is 0 Å². The van der Waals surface area contributed by atoms with Crippen molar-refractivity contribution in [2.45, 2.75) is 57.0 Å². The van der Waals surface area contributed by atoms with Gasteiger partial charge in [-0.1, -0.05) is 39.8 Å². The van der Waals surface area contributed by atoms with Gasteiger partial charge >= 0.3 is 0 Å². The third kappa shape index (κ3) is 3.00. The lowest BCUT2D eigenvalue weighted by molar-refractivity contribution is -0.0613. The number of hydrogen-bond acceptors (Lipinski definition) is 3. The first kappa shape index (κ1) is 16.5. The fraction of sp³-hybridized carbons (Fsp3) is 0.625. The molecule has 2 rings (SSSR count). The SMILES string of the molecule is CCC1(O)CN(S(=O)(=O)c2cc(C(C)(C)C)ccc2C)C1. The van der Waals surface area contributed by atoms with Crippen LogP contribution in [-0.4, -0.2) is 36.5 Å². The lowest BCUT2D eigenvalue weighted by atomic mass is 9.87. The van der Waals surface area contributed by atoms with Gasteiger partial charge in [0.25, 0.3) is 0 Å². The van der Waals surface area contributed by atoms with Crippen molar-refractivity contribution in [1.29, 1.82) is 0 Å². The molecule has 21 heavy (non-hydrogen) atoms. The number of rotatable bonds is 3. The van der Waals surface area contributed by atoms with Gasteiger partial charge in [-0.2, -0.15) is 4.31 Å². The van der Waals surface area contributed by atoms with Crippen molar-refractivity contribution in [3.63, 3.8) is 0 Å². The molecule has 1 fully saturated rings. The highest BCUT2D eigenvalue weighted by atomic mass is 32.2. The van der Waals surface area contributed by atoms with Crippen molar-refractivity contribution in [2.24, 2.45) is 0 Å². The van der Waals surface area contributed by atoms with Gasteiger partial charge in [0.05, 0.1) is 10.5 Å². The Morgan fingerprint density at radius 1 is 1.29 bits per heavy atom. The van der Waals surface area contributed by atoms with E-state index in [1.165, 1.54) is 4.31 Å². The summed E-state index contributed by atoms with van der Waals surface area (Å²) in [4.78, 5) is 0.355. The molecular formula is C16H25NO3S. The van der Waals surface area contributed by atoms with Crippen LogP contribution in [0, 0.1) is 6.92 Å². The predicted molar refractivity (Wildman–Crippen MR) is 83.9 cm³/mol. The molecule has 1 N–H and O–H groups in total. The maximum absolute atomic E-state index is 12.7. The number of aliphatic hydroxyl groups is 1. The quantitative estimate of drug-likeness (QED) is 0.933. The first-order valence-corrected chi connectivity index (χ1v) is 8.77. The molecule has 4 nitrogen and oxygen atoms in total. The van der Waals surface area contributed by atoms with E-state index < -0.39 is 15.6 Å². The summed E-state index contributed by atoms with van der Waals surface area (Å²) in [6.45, 7) is 10.2. The summed E-state index contributed by atoms with van der Waals surface area (Å²) in [5.74, 6) is 0. The van der Waals surface area contributed by atoms with Gasteiger partial charge in [0, 0.05) is 13.1 Å². The summed E-state index contributed by atoms with van der Waals surface area (Å²) in [5, 5.41) is 10.0. The molecular weight excluding hydrogens is 286 g/mol. The Morgan fingerprint density at radius 2 is 1.86 bits per heavy atom. The minimum atomic E-state index is -3.52. The molecule has 0 unspecified atom stereocenters. The van der Waals surface area contributed by atoms with E-state index in [1.54, 1.807) is 6.07 Å². The van der Waals surface area contributed by atoms with Crippen molar-refractivity contribution in [3.05, 3.63) is 29.3 Å². The minimum absolute atomic E-state index is 0.100. The van der Waals surface area contributed by atoms with Gasteiger partial charge in [-0.05, 0) is 36.0 Å². The zero-order chi connectivity index (χ0) is 16.1. The van der Waals surface area contributed by atoms with Crippen LogP contribution in [0.2, 0.25) is 0 Å². The predicted octanol–water partition coefficient (Wildman–Crippen LogP) is 2.44. The van der Waals surface area contributed by atoms with Gasteiger partial charge in [0.2, 0.25) is 10.0 Å². The van der Waals surface area contributed by atoms with Gasteiger partial charge < -0.3 is 5.11 Å². The van der Waals surface area contributed by atoms with Crippen LogP contribution in [0.15, 0.2) is 23.1 Å². The smallest absolute Gasteiger partial charge is 0.243 e. The summed E-state index contributed by atoms with van der Waals surface area (Å²) >= 11 is 0. The summed E-state index contributed by atoms with van der Waals surface area (Å²) in [7, 11) is -3.52. The van der Waals surface area contributed by atoms with Crippen LogP contribution >= 0.6 is 0 Å². The molecule has 5 heteroatoms. The summed E-state index contributed by atoms with van der Waals surface area (Å²) < 4.78 is 26.8. The molecule has 1 heterocycles. The molecule has 1 aliphatic rings. The highest BCUT2D eigenvalue weighted by molar-refractivity contribution is 7.89. The largest absolute Gasteiger partial charge is 0.387 e. The van der Waals surface area contributed by atoms with E-state index in [9.17, 15) is 13.5 Å². The average molecular weight is 311 g/mol. The normalized spacial score (nSPS) is 19.3. The van der Waals surface area contributed by atoms with E-state index >= 15 is 0 Å². The fourth-order valence-corrected chi connectivity index (χ4v) is 4.34. The number of hydrogen-bond donors (Lipinski definition) is 1. The van der Waals surface area contributed by atoms with E-state index in [2.05, 4.69) is 20.8 Å². The highest BCUT2D eigenvalue weighted by Crippen LogP contribution is 2.33. The zero-order valence-corrected chi connectivity index (χ0v) is 14.3. The monoisotopic (exact) mass is 311 g/mol. The average Bonchev–Trinajstić information content (AvgIpc) is 2.33. The van der Waals surface area contributed by atoms with Crippen LogP contribution in [0.5, 0.6) is 0 Å². The number of nitrogens with zero attached hydrogens (tertiary/aromatic N) is 1. The van der Waals surface area contributed by atoms with Gasteiger partial charge in [0.1, 0.15) is 0 Å². The summed E-state index contributed by atoms with van der Waals surface area (Å²) in [5.41, 5.74) is 0.785. The topological polar surface area (TPSA) is 57.6 Å². The maximum Gasteiger partial charge on any atom is 0.243 e. The number of benzene rings is 1. The second kappa shape index (κ2) is 5.07. The number of aryl methyl sites for hydroxylation is 1. The molecule has 0 radical (unpaired) electrons. The van der Waals surface area contributed by atoms with Crippen LogP contribution in [0.1, 0.15) is 45.2 Å². The van der Waals surface area contributed by atoms with Gasteiger partial charge in [-0.15, -0.1) is 0 Å². The second-order valence-corrected chi connectivity index (χ2v) is 8.99. The molecule has 0 amide bonds. The van der Waals surface area contributed by atoms with E-state index in [1.807, 2.05) is 26.0 Å². The molecule has 0 spiro atoms. The summed E-state index contributed by atoms with van der Waals surface area (Å²) in [6, 6.07) is 5.61. The van der Waals surface area contributed by atoms with Crippen molar-refractivity contribution in [1.82, 2.24) is 4.31 Å². The lowest BCUT2D eigenvalue weighted by Crippen LogP contribution is -2.62. The molecule has 118 valence electrons. The molecule has 1 aromatic carbocycles. The Bertz CT molecular complexity index is 638. The van der Waals surface area contributed by atoms with Crippen LogP contribution in [0.25, 0.3) is 0 Å². The minimum Gasteiger partial charge on any atom is -0.387 e. The van der Waals surface area contributed by atoms with Gasteiger partial charge in [-0.3, -0.25) is 0 Å². The Labute approximate surface area is 127 Å². The van der Waals surface area contributed by atoms with Crippen molar-refractivity contribution in [3.8, 4) is 0 Å². The second-order valence-electron chi connectivity index (χ2n) is 7.08. The molecule has 1 aromatic rings. The third-order valence-corrected chi connectivity index (χ3v) is 6.21. The van der Waals surface area contributed by atoms with Crippen LogP contribution < -0.4 is 0 Å². The van der Waals surface area contributed by atoms with Crippen molar-refractivity contribution in [2.75, 3.05) is 13.1 Å². The third-order valence-electron chi connectivity index (χ3n) is 4.27. The Morgan fingerprint density at radius 3 is 2.33 bits per heavy atom. The number of sulfonamides is 1. The molecule has 0 bridgehead atoms.